The van der Waals surface area contributed by atoms with Gasteiger partial charge in [0.1, 0.15) is 0 Å². The molecule has 2 unspecified atom stereocenters. The molecule has 2 saturated carbocycles. The molecule has 1 N–H and O–H groups in total. The number of rotatable bonds is 3. The largest absolute Gasteiger partial charge is 0.307 e. The Morgan fingerprint density at radius 2 is 2.00 bits per heavy atom. The van der Waals surface area contributed by atoms with Gasteiger partial charge in [-0.1, -0.05) is 19.8 Å². The number of hydrogen-bond donors (Lipinski definition) is 1. The Morgan fingerprint density at radius 3 is 2.53 bits per heavy atom. The highest BCUT2D eigenvalue weighted by molar-refractivity contribution is 5.02. The summed E-state index contributed by atoms with van der Waals surface area (Å²) in [6, 6.07) is 2.96. The van der Waals surface area contributed by atoms with Gasteiger partial charge >= 0.3 is 0 Å². The fraction of sp³-hybridized carbons (Fsp3) is 0.923. The smallest absolute Gasteiger partial charge is 0.0672 e. The third-order valence-electron chi connectivity index (χ3n) is 4.41. The van der Waals surface area contributed by atoms with E-state index in [1.807, 2.05) is 0 Å². The van der Waals surface area contributed by atoms with Crippen molar-refractivity contribution in [2.45, 2.75) is 69.9 Å². The van der Waals surface area contributed by atoms with E-state index < -0.39 is 0 Å². The highest BCUT2D eigenvalue weighted by Gasteiger charge is 2.38. The number of nitrogens with zero attached hydrogens (tertiary/aromatic N) is 1. The van der Waals surface area contributed by atoms with Crippen molar-refractivity contribution in [3.05, 3.63) is 0 Å². The van der Waals surface area contributed by atoms with Crippen molar-refractivity contribution < 1.29 is 0 Å². The summed E-state index contributed by atoms with van der Waals surface area (Å²) in [5.74, 6) is 0.266. The molecule has 15 heavy (non-hydrogen) atoms. The summed E-state index contributed by atoms with van der Waals surface area (Å²) in [4.78, 5) is 0. The monoisotopic (exact) mass is 206 g/mol. The lowest BCUT2D eigenvalue weighted by Crippen LogP contribution is -2.56. The average molecular weight is 206 g/mol. The van der Waals surface area contributed by atoms with E-state index in [1.54, 1.807) is 0 Å². The van der Waals surface area contributed by atoms with Crippen molar-refractivity contribution in [2.75, 3.05) is 0 Å². The SMILES string of the molecule is CCC1(NC2CCCCC2C#N)CCC1. The zero-order valence-corrected chi connectivity index (χ0v) is 9.76. The number of hydrogen-bond acceptors (Lipinski definition) is 2. The van der Waals surface area contributed by atoms with Gasteiger partial charge in [-0.05, 0) is 38.5 Å². The average Bonchev–Trinajstić information content (AvgIpc) is 2.24. The van der Waals surface area contributed by atoms with Crippen LogP contribution in [-0.2, 0) is 0 Å². The lowest BCUT2D eigenvalue weighted by Gasteiger charge is -2.46. The van der Waals surface area contributed by atoms with Crippen LogP contribution in [0.25, 0.3) is 0 Å². The molecule has 0 bridgehead atoms. The summed E-state index contributed by atoms with van der Waals surface area (Å²) in [6.07, 6.45) is 10.1. The van der Waals surface area contributed by atoms with Gasteiger partial charge in [-0.15, -0.1) is 0 Å². The first-order valence-corrected chi connectivity index (χ1v) is 6.47. The van der Waals surface area contributed by atoms with E-state index >= 15 is 0 Å². The molecule has 2 heteroatoms. The normalized spacial score (nSPS) is 34.1. The Hall–Kier alpha value is -0.550. The van der Waals surface area contributed by atoms with Gasteiger partial charge in [0.2, 0.25) is 0 Å². The Morgan fingerprint density at radius 1 is 1.27 bits per heavy atom. The van der Waals surface area contributed by atoms with Crippen molar-refractivity contribution in [2.24, 2.45) is 5.92 Å². The van der Waals surface area contributed by atoms with Gasteiger partial charge in [-0.3, -0.25) is 0 Å². The summed E-state index contributed by atoms with van der Waals surface area (Å²) in [6.45, 7) is 2.27. The van der Waals surface area contributed by atoms with Crippen LogP contribution in [0.3, 0.4) is 0 Å². The lowest BCUT2D eigenvalue weighted by atomic mass is 9.72. The predicted molar refractivity (Wildman–Crippen MR) is 61.4 cm³/mol. The van der Waals surface area contributed by atoms with E-state index in [4.69, 9.17) is 5.26 Å². The van der Waals surface area contributed by atoms with E-state index in [2.05, 4.69) is 18.3 Å². The predicted octanol–water partition coefficient (Wildman–Crippen LogP) is 2.99. The van der Waals surface area contributed by atoms with Gasteiger partial charge in [0.25, 0.3) is 0 Å². The van der Waals surface area contributed by atoms with Crippen LogP contribution in [0.15, 0.2) is 0 Å². The molecule has 0 aromatic heterocycles. The van der Waals surface area contributed by atoms with E-state index in [0.29, 0.717) is 11.6 Å². The third kappa shape index (κ3) is 2.18. The van der Waals surface area contributed by atoms with Gasteiger partial charge in [0, 0.05) is 11.6 Å². The molecule has 2 aliphatic carbocycles. The molecule has 84 valence electrons. The maximum Gasteiger partial charge on any atom is 0.0672 e. The molecule has 0 spiro atoms. The molecule has 0 amide bonds. The minimum absolute atomic E-state index is 0.266. The maximum atomic E-state index is 9.13. The molecule has 0 saturated heterocycles. The Kier molecular flexibility index (Phi) is 3.31. The zero-order valence-electron chi connectivity index (χ0n) is 9.76. The van der Waals surface area contributed by atoms with Crippen LogP contribution in [0, 0.1) is 17.2 Å². The third-order valence-corrected chi connectivity index (χ3v) is 4.41. The molecular formula is C13H22N2. The van der Waals surface area contributed by atoms with Crippen LogP contribution in [0.4, 0.5) is 0 Å². The first kappa shape index (κ1) is 11.0. The van der Waals surface area contributed by atoms with Crippen molar-refractivity contribution in [3.63, 3.8) is 0 Å². The summed E-state index contributed by atoms with van der Waals surface area (Å²) in [5.41, 5.74) is 0.400. The van der Waals surface area contributed by atoms with Crippen LogP contribution >= 0.6 is 0 Å². The van der Waals surface area contributed by atoms with Crippen molar-refractivity contribution >= 4 is 0 Å². The summed E-state index contributed by atoms with van der Waals surface area (Å²) < 4.78 is 0. The molecule has 0 radical (unpaired) electrons. The highest BCUT2D eigenvalue weighted by atomic mass is 15.0. The molecule has 0 aromatic rings. The minimum atomic E-state index is 0.266. The van der Waals surface area contributed by atoms with Crippen LogP contribution in [0.2, 0.25) is 0 Å². The second kappa shape index (κ2) is 4.53. The van der Waals surface area contributed by atoms with Crippen LogP contribution in [-0.4, -0.2) is 11.6 Å². The van der Waals surface area contributed by atoms with Gasteiger partial charge in [-0.2, -0.15) is 5.26 Å². The fourth-order valence-electron chi connectivity index (χ4n) is 3.05. The number of nitriles is 1. The molecule has 2 aliphatic rings. The molecule has 2 rings (SSSR count). The molecule has 0 aromatic carbocycles. The van der Waals surface area contributed by atoms with Crippen LogP contribution < -0.4 is 5.32 Å². The number of nitrogens with one attached hydrogen (secondary N) is 1. The summed E-state index contributed by atoms with van der Waals surface area (Å²) in [5, 5.41) is 12.9. The Labute approximate surface area is 93.0 Å². The Bertz CT molecular complexity index is 244. The molecule has 2 fully saturated rings. The van der Waals surface area contributed by atoms with Gasteiger partial charge in [-0.25, -0.2) is 0 Å². The molecule has 2 atom stereocenters. The standard InChI is InChI=1S/C13H22N2/c1-2-13(8-5-9-13)15-12-7-4-3-6-11(12)10-14/h11-12,15H,2-9H2,1H3. The quantitative estimate of drug-likeness (QED) is 0.770. The van der Waals surface area contributed by atoms with Gasteiger partial charge in [0.15, 0.2) is 0 Å². The Balaban J connectivity index is 1.94. The second-order valence-electron chi connectivity index (χ2n) is 5.26. The summed E-state index contributed by atoms with van der Waals surface area (Å²) in [7, 11) is 0. The van der Waals surface area contributed by atoms with E-state index in [0.717, 1.165) is 6.42 Å². The van der Waals surface area contributed by atoms with E-state index in [9.17, 15) is 0 Å². The van der Waals surface area contributed by atoms with Crippen molar-refractivity contribution in [1.29, 1.82) is 5.26 Å². The molecule has 0 aliphatic heterocycles. The maximum absolute atomic E-state index is 9.13. The van der Waals surface area contributed by atoms with Crippen molar-refractivity contribution in [3.8, 4) is 6.07 Å². The minimum Gasteiger partial charge on any atom is -0.307 e. The van der Waals surface area contributed by atoms with E-state index in [-0.39, 0.29) is 5.92 Å². The van der Waals surface area contributed by atoms with E-state index in [1.165, 1.54) is 44.9 Å². The lowest BCUT2D eigenvalue weighted by molar-refractivity contribution is 0.130. The zero-order chi connectivity index (χ0) is 10.7. The fourth-order valence-corrected chi connectivity index (χ4v) is 3.05. The van der Waals surface area contributed by atoms with Gasteiger partial charge in [0.05, 0.1) is 12.0 Å². The van der Waals surface area contributed by atoms with Gasteiger partial charge < -0.3 is 5.32 Å². The first-order chi connectivity index (χ1) is 7.29. The van der Waals surface area contributed by atoms with Crippen LogP contribution in [0.5, 0.6) is 0 Å². The molecule has 0 heterocycles. The van der Waals surface area contributed by atoms with Crippen molar-refractivity contribution in [1.82, 2.24) is 5.32 Å². The summed E-state index contributed by atoms with van der Waals surface area (Å²) >= 11 is 0. The second-order valence-corrected chi connectivity index (χ2v) is 5.26. The topological polar surface area (TPSA) is 35.8 Å². The first-order valence-electron chi connectivity index (χ1n) is 6.47. The highest BCUT2D eigenvalue weighted by Crippen LogP contribution is 2.37. The molecular weight excluding hydrogens is 184 g/mol. The van der Waals surface area contributed by atoms with Crippen LogP contribution in [0.1, 0.15) is 58.3 Å². The molecule has 2 nitrogen and oxygen atoms in total.